The molecule has 2 N–H and O–H groups in total. The Bertz CT molecular complexity index is 520. The Hall–Kier alpha value is -2.23. The standard InChI is InChI=1S/C14H16N2O2/c1-10(11-6-4-3-5-7-11)18-12-8-9-16-13(12)14(17)15-2/h3-10,16H,1-2H3,(H,15,17). The van der Waals surface area contributed by atoms with E-state index >= 15 is 0 Å². The van der Waals surface area contributed by atoms with Crippen molar-refractivity contribution in [3.05, 3.63) is 53.9 Å². The first kappa shape index (κ1) is 12.2. The fraction of sp³-hybridized carbons (Fsp3) is 0.214. The molecule has 94 valence electrons. The van der Waals surface area contributed by atoms with Crippen LogP contribution < -0.4 is 10.1 Å². The molecule has 1 aromatic heterocycles. The molecule has 4 heteroatoms. The molecular formula is C14H16N2O2. The van der Waals surface area contributed by atoms with Crippen LogP contribution in [0.3, 0.4) is 0 Å². The van der Waals surface area contributed by atoms with Crippen LogP contribution in [0.2, 0.25) is 0 Å². The van der Waals surface area contributed by atoms with Crippen LogP contribution in [-0.2, 0) is 0 Å². The third-order valence-corrected chi connectivity index (χ3v) is 2.74. The van der Waals surface area contributed by atoms with E-state index in [4.69, 9.17) is 4.74 Å². The van der Waals surface area contributed by atoms with Gasteiger partial charge in [-0.2, -0.15) is 0 Å². The SMILES string of the molecule is CNC(=O)c1[nH]ccc1OC(C)c1ccccc1. The second-order valence-corrected chi connectivity index (χ2v) is 3.97. The molecule has 0 aliphatic carbocycles. The van der Waals surface area contributed by atoms with Crippen LogP contribution in [0.15, 0.2) is 42.6 Å². The molecule has 1 amide bonds. The van der Waals surface area contributed by atoms with Crippen LogP contribution >= 0.6 is 0 Å². The van der Waals surface area contributed by atoms with Crippen molar-refractivity contribution in [2.75, 3.05) is 7.05 Å². The van der Waals surface area contributed by atoms with E-state index in [0.29, 0.717) is 11.4 Å². The zero-order chi connectivity index (χ0) is 13.0. The van der Waals surface area contributed by atoms with E-state index in [-0.39, 0.29) is 12.0 Å². The van der Waals surface area contributed by atoms with Crippen molar-refractivity contribution < 1.29 is 9.53 Å². The number of aromatic nitrogens is 1. The lowest BCUT2D eigenvalue weighted by Crippen LogP contribution is -2.19. The fourth-order valence-corrected chi connectivity index (χ4v) is 1.74. The van der Waals surface area contributed by atoms with E-state index in [1.807, 2.05) is 37.3 Å². The van der Waals surface area contributed by atoms with Crippen molar-refractivity contribution in [3.8, 4) is 5.75 Å². The number of carbonyl (C=O) groups excluding carboxylic acids is 1. The largest absolute Gasteiger partial charge is 0.484 e. The van der Waals surface area contributed by atoms with Gasteiger partial charge in [0.05, 0.1) is 0 Å². The molecule has 1 unspecified atom stereocenters. The van der Waals surface area contributed by atoms with Gasteiger partial charge < -0.3 is 15.0 Å². The summed E-state index contributed by atoms with van der Waals surface area (Å²) in [5.74, 6) is 0.376. The smallest absolute Gasteiger partial charge is 0.271 e. The van der Waals surface area contributed by atoms with Crippen LogP contribution in [0.5, 0.6) is 5.75 Å². The minimum absolute atomic E-state index is 0.106. The van der Waals surface area contributed by atoms with Gasteiger partial charge in [-0.05, 0) is 18.6 Å². The molecule has 0 spiro atoms. The number of benzene rings is 1. The molecule has 2 rings (SSSR count). The maximum Gasteiger partial charge on any atom is 0.271 e. The van der Waals surface area contributed by atoms with Crippen molar-refractivity contribution >= 4 is 5.91 Å². The Morgan fingerprint density at radius 2 is 2.00 bits per heavy atom. The molecule has 1 heterocycles. The molecule has 0 saturated heterocycles. The summed E-state index contributed by atoms with van der Waals surface area (Å²) in [4.78, 5) is 14.5. The van der Waals surface area contributed by atoms with Crippen molar-refractivity contribution in [2.45, 2.75) is 13.0 Å². The first-order valence-electron chi connectivity index (χ1n) is 5.83. The van der Waals surface area contributed by atoms with E-state index in [1.54, 1.807) is 19.3 Å². The molecule has 2 aromatic rings. The predicted molar refractivity (Wildman–Crippen MR) is 69.7 cm³/mol. The first-order valence-corrected chi connectivity index (χ1v) is 5.83. The highest BCUT2D eigenvalue weighted by Crippen LogP contribution is 2.24. The van der Waals surface area contributed by atoms with Gasteiger partial charge in [0.1, 0.15) is 11.8 Å². The van der Waals surface area contributed by atoms with E-state index < -0.39 is 0 Å². The van der Waals surface area contributed by atoms with E-state index in [0.717, 1.165) is 5.56 Å². The zero-order valence-corrected chi connectivity index (χ0v) is 10.4. The van der Waals surface area contributed by atoms with Gasteiger partial charge in [0.15, 0.2) is 5.75 Å². The number of carbonyl (C=O) groups is 1. The van der Waals surface area contributed by atoms with Crippen molar-refractivity contribution in [3.63, 3.8) is 0 Å². The Morgan fingerprint density at radius 3 is 2.67 bits per heavy atom. The second kappa shape index (κ2) is 5.40. The van der Waals surface area contributed by atoms with Gasteiger partial charge in [-0.3, -0.25) is 4.79 Å². The highest BCUT2D eigenvalue weighted by atomic mass is 16.5. The summed E-state index contributed by atoms with van der Waals surface area (Å²) in [7, 11) is 1.59. The summed E-state index contributed by atoms with van der Waals surface area (Å²) in [5.41, 5.74) is 1.52. The van der Waals surface area contributed by atoms with Crippen molar-refractivity contribution in [1.82, 2.24) is 10.3 Å². The molecule has 1 atom stereocenters. The summed E-state index contributed by atoms with van der Waals surface area (Å²) in [6.07, 6.45) is 1.59. The van der Waals surface area contributed by atoms with Gasteiger partial charge in [0.2, 0.25) is 0 Å². The summed E-state index contributed by atoms with van der Waals surface area (Å²) in [5, 5.41) is 2.57. The van der Waals surface area contributed by atoms with Crippen LogP contribution in [-0.4, -0.2) is 17.9 Å². The minimum Gasteiger partial charge on any atom is -0.484 e. The molecular weight excluding hydrogens is 228 g/mol. The molecule has 0 fully saturated rings. The van der Waals surface area contributed by atoms with E-state index in [9.17, 15) is 4.79 Å². The number of rotatable bonds is 4. The van der Waals surface area contributed by atoms with Gasteiger partial charge in [-0.25, -0.2) is 0 Å². The monoisotopic (exact) mass is 244 g/mol. The Labute approximate surface area is 106 Å². The second-order valence-electron chi connectivity index (χ2n) is 3.97. The van der Waals surface area contributed by atoms with Crippen molar-refractivity contribution in [1.29, 1.82) is 0 Å². The fourth-order valence-electron chi connectivity index (χ4n) is 1.74. The first-order chi connectivity index (χ1) is 8.72. The number of hydrogen-bond acceptors (Lipinski definition) is 2. The van der Waals surface area contributed by atoms with Crippen LogP contribution in [0.4, 0.5) is 0 Å². The number of nitrogens with one attached hydrogen (secondary N) is 2. The molecule has 18 heavy (non-hydrogen) atoms. The number of ether oxygens (including phenoxy) is 1. The molecule has 0 aliphatic heterocycles. The average molecular weight is 244 g/mol. The summed E-state index contributed by atoms with van der Waals surface area (Å²) in [6.45, 7) is 1.95. The molecule has 0 saturated carbocycles. The van der Waals surface area contributed by atoms with Crippen molar-refractivity contribution in [2.24, 2.45) is 0 Å². The van der Waals surface area contributed by atoms with Gasteiger partial charge in [-0.1, -0.05) is 30.3 Å². The van der Waals surface area contributed by atoms with Crippen LogP contribution in [0.1, 0.15) is 29.1 Å². The highest BCUT2D eigenvalue weighted by Gasteiger charge is 2.15. The summed E-state index contributed by atoms with van der Waals surface area (Å²) in [6, 6.07) is 11.6. The van der Waals surface area contributed by atoms with Crippen LogP contribution in [0.25, 0.3) is 0 Å². The highest BCUT2D eigenvalue weighted by molar-refractivity contribution is 5.94. The molecule has 1 aromatic carbocycles. The number of aromatic amines is 1. The third kappa shape index (κ3) is 2.53. The summed E-state index contributed by atoms with van der Waals surface area (Å²) < 4.78 is 5.80. The normalized spacial score (nSPS) is 11.9. The third-order valence-electron chi connectivity index (χ3n) is 2.74. The average Bonchev–Trinajstić information content (AvgIpc) is 2.87. The van der Waals surface area contributed by atoms with E-state index in [1.165, 1.54) is 0 Å². The summed E-state index contributed by atoms with van der Waals surface area (Å²) >= 11 is 0. The molecule has 0 radical (unpaired) electrons. The number of amides is 1. The zero-order valence-electron chi connectivity index (χ0n) is 10.4. The molecule has 0 aliphatic rings. The number of hydrogen-bond donors (Lipinski definition) is 2. The Kier molecular flexibility index (Phi) is 3.67. The topological polar surface area (TPSA) is 54.1 Å². The lowest BCUT2D eigenvalue weighted by Gasteiger charge is -2.14. The Morgan fingerprint density at radius 1 is 1.28 bits per heavy atom. The van der Waals surface area contributed by atoms with Gasteiger partial charge >= 0.3 is 0 Å². The number of H-pyrrole nitrogens is 1. The maximum atomic E-state index is 11.6. The maximum absolute atomic E-state index is 11.6. The van der Waals surface area contributed by atoms with Gasteiger partial charge in [0.25, 0.3) is 5.91 Å². The lowest BCUT2D eigenvalue weighted by atomic mass is 10.1. The molecule has 4 nitrogen and oxygen atoms in total. The van der Waals surface area contributed by atoms with Crippen LogP contribution in [0, 0.1) is 0 Å². The van der Waals surface area contributed by atoms with E-state index in [2.05, 4.69) is 10.3 Å². The molecule has 0 bridgehead atoms. The quantitative estimate of drug-likeness (QED) is 0.868. The van der Waals surface area contributed by atoms with Gasteiger partial charge in [-0.15, -0.1) is 0 Å². The minimum atomic E-state index is -0.185. The lowest BCUT2D eigenvalue weighted by molar-refractivity contribution is 0.0952. The van der Waals surface area contributed by atoms with Gasteiger partial charge in [0, 0.05) is 13.2 Å². The predicted octanol–water partition coefficient (Wildman–Crippen LogP) is 2.51. The Balaban J connectivity index is 2.15.